The van der Waals surface area contributed by atoms with Gasteiger partial charge in [0.25, 0.3) is 15.7 Å². The zero-order valence-corrected chi connectivity index (χ0v) is 14.3. The average Bonchev–Trinajstić information content (AvgIpc) is 2.46. The number of primary amides is 1. The molecule has 1 atom stereocenters. The first kappa shape index (κ1) is 19.9. The minimum atomic E-state index is -4.91. The molecule has 2 rings (SSSR count). The van der Waals surface area contributed by atoms with Crippen LogP contribution in [0.5, 0.6) is 0 Å². The number of carbonyl (C=O) groups excluding carboxylic acids is 1. The Morgan fingerprint density at radius 2 is 1.92 bits per heavy atom. The quantitative estimate of drug-likeness (QED) is 0.752. The Hall–Kier alpha value is -2.40. The Bertz CT molecular complexity index is 1030. The van der Waals surface area contributed by atoms with Crippen LogP contribution in [0.2, 0.25) is 0 Å². The summed E-state index contributed by atoms with van der Waals surface area (Å²) in [5, 5.41) is -0.557. The van der Waals surface area contributed by atoms with Crippen LogP contribution in [0.15, 0.2) is 34.0 Å². The molecule has 1 heterocycles. The van der Waals surface area contributed by atoms with E-state index in [2.05, 4.69) is 0 Å². The molecule has 1 amide bonds. The Morgan fingerprint density at radius 1 is 1.31 bits per heavy atom. The maximum Gasteiger partial charge on any atom is 0.417 e. The number of halogens is 3. The van der Waals surface area contributed by atoms with Crippen LogP contribution in [-0.2, 0) is 27.6 Å². The third kappa shape index (κ3) is 4.22. The predicted octanol–water partition coefficient (Wildman–Crippen LogP) is 1.78. The van der Waals surface area contributed by atoms with E-state index in [0.29, 0.717) is 12.1 Å². The number of nitrogens with zero attached hydrogens (tertiary/aromatic N) is 1. The van der Waals surface area contributed by atoms with Gasteiger partial charge in [0.05, 0.1) is 16.0 Å². The van der Waals surface area contributed by atoms with Gasteiger partial charge in [-0.15, -0.1) is 0 Å². The van der Waals surface area contributed by atoms with Crippen molar-refractivity contribution in [3.63, 3.8) is 0 Å². The number of amides is 1. The summed E-state index contributed by atoms with van der Waals surface area (Å²) in [5.74, 6) is -1.07. The van der Waals surface area contributed by atoms with Crippen molar-refractivity contribution in [1.29, 1.82) is 0 Å². The van der Waals surface area contributed by atoms with Crippen LogP contribution in [0.3, 0.4) is 0 Å². The molecule has 0 bridgehead atoms. The summed E-state index contributed by atoms with van der Waals surface area (Å²) >= 11 is 0. The molecule has 0 aliphatic carbocycles. The van der Waals surface area contributed by atoms with E-state index in [1.807, 2.05) is 0 Å². The maximum atomic E-state index is 13.3. The summed E-state index contributed by atoms with van der Waals surface area (Å²) in [6, 6.07) is 2.91. The number of rotatable bonds is 5. The van der Waals surface area contributed by atoms with Crippen LogP contribution >= 0.6 is 0 Å². The first-order chi connectivity index (χ1) is 11.8. The fourth-order valence-electron chi connectivity index (χ4n) is 2.67. The summed E-state index contributed by atoms with van der Waals surface area (Å²) in [4.78, 5) is 22.4. The molecule has 0 saturated carbocycles. The highest BCUT2D eigenvalue weighted by Crippen LogP contribution is 2.34. The van der Waals surface area contributed by atoms with Gasteiger partial charge in [-0.2, -0.15) is 21.6 Å². The van der Waals surface area contributed by atoms with E-state index < -0.39 is 49.5 Å². The molecule has 3 N–H and O–H groups in total. The van der Waals surface area contributed by atoms with Gasteiger partial charge >= 0.3 is 6.18 Å². The van der Waals surface area contributed by atoms with E-state index in [1.165, 1.54) is 0 Å². The molecule has 1 unspecified atom stereocenters. The van der Waals surface area contributed by atoms with Crippen LogP contribution in [0.4, 0.5) is 13.2 Å². The molecule has 26 heavy (non-hydrogen) atoms. The number of aromatic nitrogens is 1. The lowest BCUT2D eigenvalue weighted by molar-refractivity contribution is -0.136. The Labute approximate surface area is 146 Å². The van der Waals surface area contributed by atoms with Gasteiger partial charge in [0, 0.05) is 24.4 Å². The minimum Gasteiger partial charge on any atom is -0.370 e. The molecule has 0 aliphatic rings. The monoisotopic (exact) mass is 392 g/mol. The standard InChI is InChI=1S/C15H15F3N2O5S/c1-8(4-13(19)21)7-20-12-3-2-9(26(23,24)25)5-10(12)11(6-14(20)22)15(16,17)18/h2-3,5-6,8H,4,7H2,1H3,(H2,19,21)(H,23,24,25). The lowest BCUT2D eigenvalue weighted by Gasteiger charge is -2.18. The van der Waals surface area contributed by atoms with Crippen molar-refractivity contribution in [2.75, 3.05) is 0 Å². The van der Waals surface area contributed by atoms with Crippen molar-refractivity contribution in [2.24, 2.45) is 11.7 Å². The number of fused-ring (bicyclic) bond motifs is 1. The number of alkyl halides is 3. The van der Waals surface area contributed by atoms with Gasteiger partial charge in [0.15, 0.2) is 0 Å². The Balaban J connectivity index is 2.78. The molecule has 142 valence electrons. The normalized spacial score (nSPS) is 13.7. The summed E-state index contributed by atoms with van der Waals surface area (Å²) in [6.07, 6.45) is -4.99. The van der Waals surface area contributed by atoms with Gasteiger partial charge in [0.1, 0.15) is 0 Å². The van der Waals surface area contributed by atoms with Crippen molar-refractivity contribution in [3.8, 4) is 0 Å². The summed E-state index contributed by atoms with van der Waals surface area (Å²) in [6.45, 7) is 1.49. The summed E-state index contributed by atoms with van der Waals surface area (Å²) < 4.78 is 72.4. The van der Waals surface area contributed by atoms with Crippen molar-refractivity contribution in [1.82, 2.24) is 4.57 Å². The number of hydrogen-bond acceptors (Lipinski definition) is 4. The second kappa shape index (κ2) is 6.72. The van der Waals surface area contributed by atoms with Gasteiger partial charge in [-0.25, -0.2) is 0 Å². The second-order valence-electron chi connectivity index (χ2n) is 5.93. The van der Waals surface area contributed by atoms with Crippen LogP contribution in [0, 0.1) is 5.92 Å². The first-order valence-corrected chi connectivity index (χ1v) is 8.75. The lowest BCUT2D eigenvalue weighted by Crippen LogP contribution is -2.27. The predicted molar refractivity (Wildman–Crippen MR) is 86.0 cm³/mol. The van der Waals surface area contributed by atoms with E-state index in [-0.39, 0.29) is 18.5 Å². The zero-order valence-electron chi connectivity index (χ0n) is 13.4. The van der Waals surface area contributed by atoms with Crippen LogP contribution in [0.25, 0.3) is 10.9 Å². The molecule has 0 fully saturated rings. The second-order valence-corrected chi connectivity index (χ2v) is 7.36. The van der Waals surface area contributed by atoms with Gasteiger partial charge in [-0.05, 0) is 24.1 Å². The molecule has 0 spiro atoms. The van der Waals surface area contributed by atoms with Crippen molar-refractivity contribution in [3.05, 3.63) is 40.2 Å². The van der Waals surface area contributed by atoms with E-state index >= 15 is 0 Å². The Morgan fingerprint density at radius 3 is 2.42 bits per heavy atom. The molecule has 2 aromatic rings. The van der Waals surface area contributed by atoms with Crippen molar-refractivity contribution >= 4 is 26.9 Å². The van der Waals surface area contributed by atoms with E-state index in [4.69, 9.17) is 10.3 Å². The zero-order chi connectivity index (χ0) is 19.9. The van der Waals surface area contributed by atoms with Gasteiger partial charge < -0.3 is 10.3 Å². The largest absolute Gasteiger partial charge is 0.417 e. The fourth-order valence-corrected chi connectivity index (χ4v) is 3.17. The SMILES string of the molecule is CC(CC(N)=O)Cn1c(=O)cc(C(F)(F)F)c2cc(S(=O)(=O)O)ccc21. The van der Waals surface area contributed by atoms with E-state index in [0.717, 1.165) is 16.7 Å². The summed E-state index contributed by atoms with van der Waals surface area (Å²) in [5.41, 5.74) is 2.63. The topological polar surface area (TPSA) is 119 Å². The van der Waals surface area contributed by atoms with Crippen LogP contribution in [-0.4, -0.2) is 23.4 Å². The lowest BCUT2D eigenvalue weighted by atomic mass is 10.1. The number of pyridine rings is 1. The van der Waals surface area contributed by atoms with E-state index in [9.17, 15) is 31.2 Å². The molecular weight excluding hydrogens is 377 g/mol. The number of nitrogens with two attached hydrogens (primary N) is 1. The van der Waals surface area contributed by atoms with Crippen molar-refractivity contribution in [2.45, 2.75) is 31.0 Å². The molecule has 7 nitrogen and oxygen atoms in total. The number of hydrogen-bond donors (Lipinski definition) is 2. The third-order valence-corrected chi connectivity index (χ3v) is 4.58. The van der Waals surface area contributed by atoms with Gasteiger partial charge in [0.2, 0.25) is 5.91 Å². The Kier molecular flexibility index (Phi) is 5.15. The molecule has 1 aromatic carbocycles. The van der Waals surface area contributed by atoms with E-state index in [1.54, 1.807) is 6.92 Å². The highest BCUT2D eigenvalue weighted by atomic mass is 32.2. The third-order valence-electron chi connectivity index (χ3n) is 3.73. The summed E-state index contributed by atoms with van der Waals surface area (Å²) in [7, 11) is -4.73. The van der Waals surface area contributed by atoms with Gasteiger partial charge in [-0.1, -0.05) is 6.92 Å². The molecule has 0 aliphatic heterocycles. The van der Waals surface area contributed by atoms with Crippen molar-refractivity contribution < 1.29 is 30.9 Å². The first-order valence-electron chi connectivity index (χ1n) is 7.31. The average molecular weight is 392 g/mol. The minimum absolute atomic E-state index is 0.0853. The highest BCUT2D eigenvalue weighted by Gasteiger charge is 2.34. The maximum absolute atomic E-state index is 13.3. The molecule has 1 aromatic heterocycles. The van der Waals surface area contributed by atoms with Crippen LogP contribution in [0.1, 0.15) is 18.9 Å². The molecular formula is C15H15F3N2O5S. The number of carbonyl (C=O) groups is 1. The highest BCUT2D eigenvalue weighted by molar-refractivity contribution is 7.85. The molecule has 11 heteroatoms. The van der Waals surface area contributed by atoms with Gasteiger partial charge in [-0.3, -0.25) is 14.1 Å². The molecule has 0 saturated heterocycles. The van der Waals surface area contributed by atoms with Crippen LogP contribution < -0.4 is 11.3 Å². The molecule has 0 radical (unpaired) electrons. The smallest absolute Gasteiger partial charge is 0.370 e. The fraction of sp³-hybridized carbons (Fsp3) is 0.333. The number of benzene rings is 1.